The Kier molecular flexibility index (Phi) is 8.90. The van der Waals surface area contributed by atoms with E-state index in [4.69, 9.17) is 14.8 Å². The fourth-order valence-corrected chi connectivity index (χ4v) is 6.14. The molecule has 0 saturated heterocycles. The SMILES string of the molecule is O=P(O)(O)CC[n+]1ccc(-c2cc[n+](Cc3cccc(C[n+]4ccc(-c5cc[n+](-c6ccc7ncccc7c6)cc5)cc4)n3)cc2)cc1. The van der Waals surface area contributed by atoms with Gasteiger partial charge in [-0.15, -0.1) is 0 Å². The zero-order valence-corrected chi connectivity index (χ0v) is 27.1. The monoisotopic (exact) mass is 654 g/mol. The Bertz CT molecular complexity index is 2220. The maximum absolute atomic E-state index is 11.1. The van der Waals surface area contributed by atoms with Crippen molar-refractivity contribution in [2.45, 2.75) is 19.6 Å². The van der Waals surface area contributed by atoms with E-state index < -0.39 is 7.60 Å². The Morgan fingerprint density at radius 1 is 0.583 bits per heavy atom. The summed E-state index contributed by atoms with van der Waals surface area (Å²) in [5.41, 5.74) is 8.46. The van der Waals surface area contributed by atoms with Crippen LogP contribution in [0.25, 0.3) is 38.8 Å². The molecule has 0 unspecified atom stereocenters. The van der Waals surface area contributed by atoms with E-state index in [0.717, 1.165) is 50.2 Å². The van der Waals surface area contributed by atoms with Crippen LogP contribution in [0.4, 0.5) is 0 Å². The van der Waals surface area contributed by atoms with Crippen LogP contribution >= 0.6 is 7.60 Å². The van der Waals surface area contributed by atoms with Gasteiger partial charge in [0.15, 0.2) is 69.2 Å². The molecular formula is C38H35N6O3P+4. The van der Waals surface area contributed by atoms with Crippen LogP contribution in [0.3, 0.4) is 0 Å². The summed E-state index contributed by atoms with van der Waals surface area (Å²) in [6, 6.07) is 33.0. The van der Waals surface area contributed by atoms with Crippen LogP contribution in [0.2, 0.25) is 0 Å². The van der Waals surface area contributed by atoms with Gasteiger partial charge in [0.25, 0.3) is 0 Å². The Labute approximate surface area is 278 Å². The van der Waals surface area contributed by atoms with Gasteiger partial charge in [-0.3, -0.25) is 9.55 Å². The molecule has 0 amide bonds. The Hall–Kier alpha value is -5.47. The van der Waals surface area contributed by atoms with Gasteiger partial charge in [-0.2, -0.15) is 13.7 Å². The predicted molar refractivity (Wildman–Crippen MR) is 181 cm³/mol. The van der Waals surface area contributed by atoms with Crippen LogP contribution in [0.1, 0.15) is 11.4 Å². The second-order valence-electron chi connectivity index (χ2n) is 11.7. The van der Waals surface area contributed by atoms with E-state index >= 15 is 0 Å². The van der Waals surface area contributed by atoms with E-state index in [9.17, 15) is 4.57 Å². The Balaban J connectivity index is 0.964. The highest BCUT2D eigenvalue weighted by Gasteiger charge is 2.16. The topological polar surface area (TPSA) is 98.8 Å². The largest absolute Gasteiger partial charge is 0.331 e. The number of rotatable bonds is 10. The number of pyridine rings is 6. The summed E-state index contributed by atoms with van der Waals surface area (Å²) in [6.45, 7) is 1.60. The average molecular weight is 655 g/mol. The molecule has 0 radical (unpaired) electrons. The quantitative estimate of drug-likeness (QED) is 0.169. The third-order valence-electron chi connectivity index (χ3n) is 8.26. The van der Waals surface area contributed by atoms with Gasteiger partial charge in [-0.25, -0.2) is 9.55 Å². The van der Waals surface area contributed by atoms with Crippen LogP contribution in [0.15, 0.2) is 153 Å². The molecule has 7 rings (SSSR count). The van der Waals surface area contributed by atoms with Crippen molar-refractivity contribution >= 4 is 18.5 Å². The van der Waals surface area contributed by atoms with Crippen molar-refractivity contribution in [3.8, 4) is 27.9 Å². The molecule has 0 bridgehead atoms. The summed E-state index contributed by atoms with van der Waals surface area (Å²) < 4.78 is 19.3. The van der Waals surface area contributed by atoms with Gasteiger partial charge in [0, 0.05) is 72.2 Å². The fourth-order valence-electron chi connectivity index (χ4n) is 5.65. The van der Waals surface area contributed by atoms with Crippen molar-refractivity contribution in [1.82, 2.24) is 9.97 Å². The highest BCUT2D eigenvalue weighted by atomic mass is 31.2. The lowest BCUT2D eigenvalue weighted by atomic mass is 10.1. The second-order valence-corrected chi connectivity index (χ2v) is 13.5. The first-order chi connectivity index (χ1) is 23.3. The average Bonchev–Trinajstić information content (AvgIpc) is 3.11. The van der Waals surface area contributed by atoms with Crippen LogP contribution in [0, 0.1) is 0 Å². The van der Waals surface area contributed by atoms with Crippen molar-refractivity contribution in [3.63, 3.8) is 0 Å². The highest BCUT2D eigenvalue weighted by Crippen LogP contribution is 2.33. The lowest BCUT2D eigenvalue weighted by Gasteiger charge is -2.04. The van der Waals surface area contributed by atoms with E-state index in [1.165, 1.54) is 0 Å². The molecule has 1 aromatic carbocycles. The van der Waals surface area contributed by atoms with E-state index in [2.05, 4.69) is 116 Å². The number of benzene rings is 1. The lowest BCUT2D eigenvalue weighted by molar-refractivity contribution is -0.692. The number of hydrogen-bond acceptors (Lipinski definition) is 3. The third-order valence-corrected chi connectivity index (χ3v) is 9.04. The molecular weight excluding hydrogens is 619 g/mol. The predicted octanol–water partition coefficient (Wildman–Crippen LogP) is 4.38. The molecule has 236 valence electrons. The molecule has 0 aliphatic heterocycles. The molecule has 48 heavy (non-hydrogen) atoms. The minimum absolute atomic E-state index is 0.177. The second kappa shape index (κ2) is 13.7. The molecule has 7 aromatic rings. The van der Waals surface area contributed by atoms with Gasteiger partial charge >= 0.3 is 7.60 Å². The highest BCUT2D eigenvalue weighted by molar-refractivity contribution is 7.51. The molecule has 0 fully saturated rings. The minimum atomic E-state index is -4.02. The summed E-state index contributed by atoms with van der Waals surface area (Å²) in [5, 5.41) is 1.12. The van der Waals surface area contributed by atoms with Crippen molar-refractivity contribution in [2.75, 3.05) is 6.16 Å². The molecule has 0 aliphatic rings. The van der Waals surface area contributed by atoms with E-state index in [1.807, 2.05) is 55.2 Å². The Morgan fingerprint density at radius 2 is 1.10 bits per heavy atom. The first-order valence-corrected chi connectivity index (χ1v) is 17.5. The van der Waals surface area contributed by atoms with Crippen molar-refractivity contribution in [2.24, 2.45) is 0 Å². The molecule has 9 nitrogen and oxygen atoms in total. The standard InChI is InChI=1S/C38H33N6O3P/c45-48(46,47)26-25-41-17-8-30(9-18-41)31-10-19-42(20-11-31)28-35-4-1-5-36(40-35)29-43-21-12-32(13-22-43)33-14-23-44(24-15-33)37-6-7-38-34(27-37)3-2-16-39-38/h1-24,27H,25-26,28-29H2/q+2/p+2. The summed E-state index contributed by atoms with van der Waals surface area (Å²) in [4.78, 5) is 27.6. The van der Waals surface area contributed by atoms with Gasteiger partial charge in [0.05, 0.1) is 5.52 Å². The molecule has 6 heterocycles. The third kappa shape index (κ3) is 7.73. The van der Waals surface area contributed by atoms with Crippen molar-refractivity contribution < 1.29 is 32.6 Å². The molecule has 0 saturated carbocycles. The van der Waals surface area contributed by atoms with Gasteiger partial charge in [-0.05, 0) is 46.5 Å². The maximum atomic E-state index is 11.1. The molecule has 0 aliphatic carbocycles. The van der Waals surface area contributed by atoms with Crippen LogP contribution < -0.4 is 18.3 Å². The zero-order valence-electron chi connectivity index (χ0n) is 26.2. The smallest absolute Gasteiger partial charge is 0.324 e. The van der Waals surface area contributed by atoms with Crippen LogP contribution in [-0.2, 0) is 24.2 Å². The van der Waals surface area contributed by atoms with E-state index in [1.54, 1.807) is 4.57 Å². The maximum Gasteiger partial charge on any atom is 0.331 e. The summed E-state index contributed by atoms with van der Waals surface area (Å²) in [5.74, 6) is 0. The van der Waals surface area contributed by atoms with E-state index in [0.29, 0.717) is 13.1 Å². The molecule has 10 heteroatoms. The van der Waals surface area contributed by atoms with Crippen molar-refractivity contribution in [1.29, 1.82) is 0 Å². The van der Waals surface area contributed by atoms with Crippen LogP contribution in [0.5, 0.6) is 0 Å². The van der Waals surface area contributed by atoms with Gasteiger partial charge in [0.2, 0.25) is 5.69 Å². The number of fused-ring (bicyclic) bond motifs is 1. The fraction of sp³-hybridized carbons (Fsp3) is 0.105. The number of nitrogens with zero attached hydrogens (tertiary/aromatic N) is 6. The minimum Gasteiger partial charge on any atom is -0.324 e. The number of aromatic nitrogens is 6. The van der Waals surface area contributed by atoms with E-state index in [-0.39, 0.29) is 12.7 Å². The summed E-state index contributed by atoms with van der Waals surface area (Å²) in [7, 11) is -4.02. The van der Waals surface area contributed by atoms with Crippen molar-refractivity contribution in [3.05, 3.63) is 164 Å². The number of hydrogen-bond donors (Lipinski definition) is 2. The van der Waals surface area contributed by atoms with Gasteiger partial charge in [0.1, 0.15) is 17.5 Å². The zero-order chi connectivity index (χ0) is 32.9. The molecule has 2 N–H and O–H groups in total. The molecule has 6 aromatic heterocycles. The number of aryl methyl sites for hydroxylation is 1. The summed E-state index contributed by atoms with van der Waals surface area (Å²) >= 11 is 0. The first kappa shape index (κ1) is 31.1. The lowest BCUT2D eigenvalue weighted by Crippen LogP contribution is -2.35. The van der Waals surface area contributed by atoms with Gasteiger partial charge in [-0.1, -0.05) is 12.1 Å². The normalized spacial score (nSPS) is 11.5. The molecule has 0 atom stereocenters. The summed E-state index contributed by atoms with van der Waals surface area (Å²) in [6.07, 6.45) is 17.8. The molecule has 0 spiro atoms. The van der Waals surface area contributed by atoms with Gasteiger partial charge < -0.3 is 9.79 Å². The van der Waals surface area contributed by atoms with Crippen LogP contribution in [-0.4, -0.2) is 25.9 Å². The Morgan fingerprint density at radius 3 is 1.65 bits per heavy atom. The first-order valence-electron chi connectivity index (χ1n) is 15.7.